The van der Waals surface area contributed by atoms with Gasteiger partial charge in [0.25, 0.3) is 11.8 Å². The maximum atomic E-state index is 13.2. The van der Waals surface area contributed by atoms with Gasteiger partial charge in [0.15, 0.2) is 0 Å². The molecule has 150 valence electrons. The van der Waals surface area contributed by atoms with Crippen molar-refractivity contribution in [3.63, 3.8) is 0 Å². The molecule has 1 heterocycles. The molecule has 0 spiro atoms. The minimum atomic E-state index is -0.401. The van der Waals surface area contributed by atoms with E-state index in [0.29, 0.717) is 16.7 Å². The lowest BCUT2D eigenvalue weighted by Crippen LogP contribution is -2.32. The van der Waals surface area contributed by atoms with Gasteiger partial charge in [-0.1, -0.05) is 48.5 Å². The van der Waals surface area contributed by atoms with E-state index in [4.69, 9.17) is 0 Å². The van der Waals surface area contributed by atoms with Crippen LogP contribution >= 0.6 is 0 Å². The number of imide groups is 1. The average Bonchev–Trinajstić information content (AvgIpc) is 2.97. The van der Waals surface area contributed by atoms with Gasteiger partial charge in [-0.15, -0.1) is 0 Å². The predicted molar refractivity (Wildman–Crippen MR) is 115 cm³/mol. The second-order valence-corrected chi connectivity index (χ2v) is 7.36. The van der Waals surface area contributed by atoms with E-state index in [0.717, 1.165) is 16.8 Å². The number of carbonyl (C=O) groups excluding carboxylic acids is 2. The van der Waals surface area contributed by atoms with Crippen LogP contribution < -0.4 is 5.32 Å². The molecule has 1 aliphatic rings. The first-order valence-electron chi connectivity index (χ1n) is 9.68. The summed E-state index contributed by atoms with van der Waals surface area (Å²) < 4.78 is 13.2. The van der Waals surface area contributed by atoms with Gasteiger partial charge in [-0.3, -0.25) is 14.5 Å². The standard InChI is InChI=1S/C25H21FN2O2/c1-16-8-13-21(14-17(16)2)27-23-22(19-6-4-3-5-7-19)24(29)28(25(23)30)15-18-9-11-20(26)12-10-18/h3-14,27H,15H2,1-2H3. The highest BCUT2D eigenvalue weighted by Crippen LogP contribution is 2.31. The lowest BCUT2D eigenvalue weighted by Gasteiger charge is -2.15. The summed E-state index contributed by atoms with van der Waals surface area (Å²) in [5, 5.41) is 3.17. The van der Waals surface area contributed by atoms with Crippen molar-refractivity contribution in [3.8, 4) is 0 Å². The van der Waals surface area contributed by atoms with E-state index >= 15 is 0 Å². The summed E-state index contributed by atoms with van der Waals surface area (Å²) in [6.45, 7) is 4.09. The number of halogens is 1. The topological polar surface area (TPSA) is 49.4 Å². The van der Waals surface area contributed by atoms with Crippen LogP contribution in [0.25, 0.3) is 5.57 Å². The fraction of sp³-hybridized carbons (Fsp3) is 0.120. The Morgan fingerprint density at radius 3 is 2.20 bits per heavy atom. The van der Waals surface area contributed by atoms with Crippen molar-refractivity contribution in [2.45, 2.75) is 20.4 Å². The normalized spacial score (nSPS) is 13.9. The summed E-state index contributed by atoms with van der Waals surface area (Å²) in [6.07, 6.45) is 0. The molecular formula is C25H21FN2O2. The van der Waals surface area contributed by atoms with Crippen molar-refractivity contribution < 1.29 is 14.0 Å². The summed E-state index contributed by atoms with van der Waals surface area (Å²) in [7, 11) is 0. The van der Waals surface area contributed by atoms with Crippen LogP contribution in [0.4, 0.5) is 10.1 Å². The Labute approximate surface area is 174 Å². The van der Waals surface area contributed by atoms with Gasteiger partial charge < -0.3 is 5.32 Å². The van der Waals surface area contributed by atoms with Gasteiger partial charge in [0.05, 0.1) is 12.1 Å². The van der Waals surface area contributed by atoms with E-state index in [1.807, 2.05) is 62.4 Å². The number of nitrogens with one attached hydrogen (secondary N) is 1. The molecule has 0 fully saturated rings. The lowest BCUT2D eigenvalue weighted by atomic mass is 10.0. The summed E-state index contributed by atoms with van der Waals surface area (Å²) >= 11 is 0. The maximum absolute atomic E-state index is 13.2. The Morgan fingerprint density at radius 2 is 1.53 bits per heavy atom. The maximum Gasteiger partial charge on any atom is 0.278 e. The Kier molecular flexibility index (Phi) is 5.19. The molecular weight excluding hydrogens is 379 g/mol. The van der Waals surface area contributed by atoms with Crippen molar-refractivity contribution in [2.24, 2.45) is 0 Å². The largest absolute Gasteiger partial charge is 0.350 e. The van der Waals surface area contributed by atoms with Gasteiger partial charge in [-0.05, 0) is 60.4 Å². The molecule has 1 N–H and O–H groups in total. The number of hydrogen-bond acceptors (Lipinski definition) is 3. The third-order valence-electron chi connectivity index (χ3n) is 5.26. The Bertz CT molecular complexity index is 1150. The van der Waals surface area contributed by atoms with Crippen molar-refractivity contribution in [1.82, 2.24) is 4.90 Å². The predicted octanol–water partition coefficient (Wildman–Crippen LogP) is 4.83. The smallest absolute Gasteiger partial charge is 0.278 e. The highest BCUT2D eigenvalue weighted by Gasteiger charge is 2.39. The molecule has 1 aliphatic heterocycles. The molecule has 0 bridgehead atoms. The van der Waals surface area contributed by atoms with E-state index in [-0.39, 0.29) is 24.0 Å². The van der Waals surface area contributed by atoms with E-state index in [9.17, 15) is 14.0 Å². The fourth-order valence-corrected chi connectivity index (χ4v) is 3.44. The van der Waals surface area contributed by atoms with E-state index in [2.05, 4.69) is 5.32 Å². The molecule has 4 nitrogen and oxygen atoms in total. The SMILES string of the molecule is Cc1ccc(NC2=C(c3ccccc3)C(=O)N(Cc3ccc(F)cc3)C2=O)cc1C. The van der Waals surface area contributed by atoms with Crippen molar-refractivity contribution >= 4 is 23.1 Å². The van der Waals surface area contributed by atoms with Crippen LogP contribution in [0.3, 0.4) is 0 Å². The second-order valence-electron chi connectivity index (χ2n) is 7.36. The summed E-state index contributed by atoms with van der Waals surface area (Å²) in [6, 6.07) is 20.7. The third kappa shape index (κ3) is 3.74. The highest BCUT2D eigenvalue weighted by atomic mass is 19.1. The van der Waals surface area contributed by atoms with Gasteiger partial charge in [0, 0.05) is 5.69 Å². The van der Waals surface area contributed by atoms with Crippen LogP contribution in [0.1, 0.15) is 22.3 Å². The van der Waals surface area contributed by atoms with Crippen molar-refractivity contribution in [1.29, 1.82) is 0 Å². The minimum Gasteiger partial charge on any atom is -0.350 e. The molecule has 0 saturated carbocycles. The monoisotopic (exact) mass is 400 g/mol. The number of carbonyl (C=O) groups is 2. The number of aryl methyl sites for hydroxylation is 2. The first kappa shape index (κ1) is 19.6. The number of amides is 2. The molecule has 4 rings (SSSR count). The zero-order valence-electron chi connectivity index (χ0n) is 16.8. The second kappa shape index (κ2) is 7.95. The highest BCUT2D eigenvalue weighted by molar-refractivity contribution is 6.36. The first-order chi connectivity index (χ1) is 14.4. The summed E-state index contributed by atoms with van der Waals surface area (Å²) in [5.41, 5.74) is 4.90. The molecule has 2 amide bonds. The quantitative estimate of drug-likeness (QED) is 0.624. The molecule has 0 unspecified atom stereocenters. The molecule has 30 heavy (non-hydrogen) atoms. The molecule has 0 radical (unpaired) electrons. The van der Waals surface area contributed by atoms with Gasteiger partial charge in [0.1, 0.15) is 11.5 Å². The van der Waals surface area contributed by atoms with E-state index in [1.165, 1.54) is 17.0 Å². The summed E-state index contributed by atoms with van der Waals surface area (Å²) in [5.74, 6) is -1.14. The van der Waals surface area contributed by atoms with Gasteiger partial charge >= 0.3 is 0 Å². The average molecular weight is 400 g/mol. The molecule has 0 saturated heterocycles. The Hall–Kier alpha value is -3.73. The Morgan fingerprint density at radius 1 is 0.833 bits per heavy atom. The molecule has 5 heteroatoms. The lowest BCUT2D eigenvalue weighted by molar-refractivity contribution is -0.137. The summed E-state index contributed by atoms with van der Waals surface area (Å²) in [4.78, 5) is 27.7. The first-order valence-corrected chi connectivity index (χ1v) is 9.68. The van der Waals surface area contributed by atoms with Gasteiger partial charge in [-0.2, -0.15) is 0 Å². The molecule has 3 aromatic carbocycles. The van der Waals surface area contributed by atoms with Crippen LogP contribution in [0.15, 0.2) is 78.5 Å². The van der Waals surface area contributed by atoms with Crippen molar-refractivity contribution in [2.75, 3.05) is 5.32 Å². The van der Waals surface area contributed by atoms with Crippen LogP contribution in [-0.4, -0.2) is 16.7 Å². The van der Waals surface area contributed by atoms with Crippen LogP contribution in [0.2, 0.25) is 0 Å². The number of benzene rings is 3. The molecule has 3 aromatic rings. The minimum absolute atomic E-state index is 0.0758. The van der Waals surface area contributed by atoms with Gasteiger partial charge in [0.2, 0.25) is 0 Å². The van der Waals surface area contributed by atoms with Crippen molar-refractivity contribution in [3.05, 3.63) is 107 Å². The zero-order valence-corrected chi connectivity index (χ0v) is 16.8. The van der Waals surface area contributed by atoms with Gasteiger partial charge in [-0.25, -0.2) is 4.39 Å². The number of anilines is 1. The number of nitrogens with zero attached hydrogens (tertiary/aromatic N) is 1. The van der Waals surface area contributed by atoms with E-state index < -0.39 is 5.91 Å². The molecule has 0 aromatic heterocycles. The third-order valence-corrected chi connectivity index (χ3v) is 5.26. The van der Waals surface area contributed by atoms with Crippen LogP contribution in [0.5, 0.6) is 0 Å². The van der Waals surface area contributed by atoms with Crippen LogP contribution in [0, 0.1) is 19.7 Å². The molecule has 0 aliphatic carbocycles. The fourth-order valence-electron chi connectivity index (χ4n) is 3.44. The van der Waals surface area contributed by atoms with Crippen LogP contribution in [-0.2, 0) is 16.1 Å². The molecule has 0 atom stereocenters. The zero-order chi connectivity index (χ0) is 21.3. The number of rotatable bonds is 5. The van der Waals surface area contributed by atoms with E-state index in [1.54, 1.807) is 12.1 Å². The Balaban J connectivity index is 1.72. The number of hydrogen-bond donors (Lipinski definition) is 1.